The molecule has 2 aliphatic rings. The second-order valence-electron chi connectivity index (χ2n) is 6.95. The molecule has 1 N–H and O–H groups in total. The van der Waals surface area contributed by atoms with E-state index in [-0.39, 0.29) is 11.4 Å². The third-order valence-corrected chi connectivity index (χ3v) is 6.36. The highest BCUT2D eigenvalue weighted by atomic mass is 32.2. The zero-order valence-corrected chi connectivity index (χ0v) is 14.6. The fourth-order valence-electron chi connectivity index (χ4n) is 3.20. The first-order valence-electron chi connectivity index (χ1n) is 7.81. The van der Waals surface area contributed by atoms with Crippen LogP contribution in [0.15, 0.2) is 23.1 Å². The monoisotopic (exact) mass is 337 g/mol. The molecule has 0 atom stereocenters. The molecule has 1 aromatic carbocycles. The number of benzene rings is 1. The number of sulfonamides is 1. The molecule has 2 aliphatic heterocycles. The summed E-state index contributed by atoms with van der Waals surface area (Å²) in [7, 11) is -3.50. The highest BCUT2D eigenvalue weighted by molar-refractivity contribution is 7.89. The minimum absolute atomic E-state index is 0.00876. The zero-order valence-electron chi connectivity index (χ0n) is 13.8. The molecular formula is C16H23N3O3S. The van der Waals surface area contributed by atoms with Gasteiger partial charge in [-0.2, -0.15) is 4.31 Å². The summed E-state index contributed by atoms with van der Waals surface area (Å²) < 4.78 is 27.4. The van der Waals surface area contributed by atoms with Crippen molar-refractivity contribution in [3.05, 3.63) is 29.3 Å². The van der Waals surface area contributed by atoms with E-state index in [1.54, 1.807) is 21.3 Å². The third kappa shape index (κ3) is 3.13. The van der Waals surface area contributed by atoms with Gasteiger partial charge in [0.1, 0.15) is 0 Å². The molecule has 0 saturated carbocycles. The average Bonchev–Trinajstić information content (AvgIpc) is 2.89. The normalized spacial score (nSPS) is 21.3. The summed E-state index contributed by atoms with van der Waals surface area (Å²) in [4.78, 5) is 13.5. The summed E-state index contributed by atoms with van der Waals surface area (Å²) in [5, 5.41) is 3.32. The standard InChI is InChI=1S/C16H23N3O3S/c1-12(20)18-9-13-4-5-15(8-14(13)10-18)23(21,22)19-7-6-17-16(2,3)11-19/h4-5,8,17H,6-7,9-11H2,1-3H3. The van der Waals surface area contributed by atoms with Crippen molar-refractivity contribution < 1.29 is 13.2 Å². The van der Waals surface area contributed by atoms with Gasteiger partial charge in [-0.25, -0.2) is 8.42 Å². The summed E-state index contributed by atoms with van der Waals surface area (Å²) in [6.45, 7) is 8.16. The molecule has 23 heavy (non-hydrogen) atoms. The first-order valence-corrected chi connectivity index (χ1v) is 9.25. The Kier molecular flexibility index (Phi) is 3.98. The van der Waals surface area contributed by atoms with Crippen LogP contribution in [0.3, 0.4) is 0 Å². The topological polar surface area (TPSA) is 69.7 Å². The maximum atomic E-state index is 12.9. The molecule has 0 aliphatic carbocycles. The molecule has 126 valence electrons. The van der Waals surface area contributed by atoms with E-state index in [4.69, 9.17) is 0 Å². The number of rotatable bonds is 2. The molecule has 1 amide bonds. The smallest absolute Gasteiger partial charge is 0.243 e. The second-order valence-corrected chi connectivity index (χ2v) is 8.89. The van der Waals surface area contributed by atoms with Crippen molar-refractivity contribution in [3.8, 4) is 0 Å². The number of carbonyl (C=O) groups is 1. The van der Waals surface area contributed by atoms with Crippen molar-refractivity contribution in [3.63, 3.8) is 0 Å². The van der Waals surface area contributed by atoms with Gasteiger partial charge in [0.05, 0.1) is 4.90 Å². The molecule has 1 saturated heterocycles. The van der Waals surface area contributed by atoms with E-state index in [9.17, 15) is 13.2 Å². The van der Waals surface area contributed by atoms with Gasteiger partial charge in [0.15, 0.2) is 0 Å². The van der Waals surface area contributed by atoms with Crippen molar-refractivity contribution in [2.45, 2.75) is 44.3 Å². The molecule has 1 aromatic rings. The zero-order chi connectivity index (χ0) is 16.8. The van der Waals surface area contributed by atoms with E-state index in [1.165, 1.54) is 6.92 Å². The van der Waals surface area contributed by atoms with E-state index in [1.807, 2.05) is 19.9 Å². The lowest BCUT2D eigenvalue weighted by Gasteiger charge is -2.38. The Bertz CT molecular complexity index is 743. The summed E-state index contributed by atoms with van der Waals surface area (Å²) in [6, 6.07) is 5.22. The number of nitrogens with one attached hydrogen (secondary N) is 1. The van der Waals surface area contributed by atoms with Gasteiger partial charge >= 0.3 is 0 Å². The summed E-state index contributed by atoms with van der Waals surface area (Å²) in [5.74, 6) is 0.00876. The molecule has 0 radical (unpaired) electrons. The Labute approximate surface area is 137 Å². The van der Waals surface area contributed by atoms with Crippen LogP contribution < -0.4 is 5.32 Å². The number of carbonyl (C=O) groups excluding carboxylic acids is 1. The highest BCUT2D eigenvalue weighted by Gasteiger charge is 2.34. The molecule has 7 heteroatoms. The van der Waals surface area contributed by atoms with Crippen LogP contribution in [0, 0.1) is 0 Å². The fraction of sp³-hybridized carbons (Fsp3) is 0.562. The van der Waals surface area contributed by atoms with Gasteiger partial charge in [0.25, 0.3) is 0 Å². The lowest BCUT2D eigenvalue weighted by molar-refractivity contribution is -0.129. The van der Waals surface area contributed by atoms with Gasteiger partial charge < -0.3 is 10.2 Å². The Morgan fingerprint density at radius 3 is 2.57 bits per heavy atom. The van der Waals surface area contributed by atoms with Crippen molar-refractivity contribution in [1.29, 1.82) is 0 Å². The highest BCUT2D eigenvalue weighted by Crippen LogP contribution is 2.28. The van der Waals surface area contributed by atoms with Crippen molar-refractivity contribution in [2.24, 2.45) is 0 Å². The Morgan fingerprint density at radius 1 is 1.22 bits per heavy atom. The molecule has 0 spiro atoms. The van der Waals surface area contributed by atoms with Crippen molar-refractivity contribution >= 4 is 15.9 Å². The number of hydrogen-bond donors (Lipinski definition) is 1. The molecule has 6 nitrogen and oxygen atoms in total. The van der Waals surface area contributed by atoms with Crippen LogP contribution >= 0.6 is 0 Å². The maximum absolute atomic E-state index is 12.9. The molecule has 0 bridgehead atoms. The lowest BCUT2D eigenvalue weighted by atomic mass is 10.0. The van der Waals surface area contributed by atoms with Crippen LogP contribution in [0.25, 0.3) is 0 Å². The van der Waals surface area contributed by atoms with Gasteiger partial charge in [0, 0.05) is 45.2 Å². The van der Waals surface area contributed by atoms with Crippen molar-refractivity contribution in [1.82, 2.24) is 14.5 Å². The van der Waals surface area contributed by atoms with E-state index in [0.717, 1.165) is 11.1 Å². The average molecular weight is 337 g/mol. The Hall–Kier alpha value is -1.44. The van der Waals surface area contributed by atoms with Crippen LogP contribution in [0.5, 0.6) is 0 Å². The predicted molar refractivity (Wildman–Crippen MR) is 87.2 cm³/mol. The molecular weight excluding hydrogens is 314 g/mol. The fourth-order valence-corrected chi connectivity index (χ4v) is 4.86. The second kappa shape index (κ2) is 5.58. The number of amides is 1. The summed E-state index contributed by atoms with van der Waals surface area (Å²) in [5.41, 5.74) is 1.73. The first-order chi connectivity index (χ1) is 10.7. The van der Waals surface area contributed by atoms with Gasteiger partial charge in [-0.3, -0.25) is 4.79 Å². The number of piperazine rings is 1. The Morgan fingerprint density at radius 2 is 1.91 bits per heavy atom. The third-order valence-electron chi connectivity index (χ3n) is 4.52. The van der Waals surface area contributed by atoms with Crippen LogP contribution in [0.1, 0.15) is 31.9 Å². The van der Waals surface area contributed by atoms with Crippen LogP contribution in [-0.4, -0.2) is 48.7 Å². The minimum Gasteiger partial charge on any atom is -0.334 e. The van der Waals surface area contributed by atoms with Crippen molar-refractivity contribution in [2.75, 3.05) is 19.6 Å². The van der Waals surface area contributed by atoms with E-state index >= 15 is 0 Å². The number of fused-ring (bicyclic) bond motifs is 1. The SMILES string of the molecule is CC(=O)N1Cc2ccc(S(=O)(=O)N3CCNC(C)(C)C3)cc2C1. The van der Waals surface area contributed by atoms with E-state index in [0.29, 0.717) is 37.6 Å². The van der Waals surface area contributed by atoms with Gasteiger partial charge in [-0.1, -0.05) is 6.07 Å². The lowest BCUT2D eigenvalue weighted by Crippen LogP contribution is -2.58. The summed E-state index contributed by atoms with van der Waals surface area (Å²) >= 11 is 0. The van der Waals surface area contributed by atoms with Gasteiger partial charge in [0.2, 0.25) is 15.9 Å². The van der Waals surface area contributed by atoms with Gasteiger partial charge in [-0.15, -0.1) is 0 Å². The molecule has 0 aromatic heterocycles. The minimum atomic E-state index is -3.50. The van der Waals surface area contributed by atoms with Crippen LogP contribution in [0.4, 0.5) is 0 Å². The molecule has 3 rings (SSSR count). The summed E-state index contributed by atoms with van der Waals surface area (Å²) in [6.07, 6.45) is 0. The van der Waals surface area contributed by atoms with E-state index < -0.39 is 10.0 Å². The molecule has 1 fully saturated rings. The number of hydrogen-bond acceptors (Lipinski definition) is 4. The van der Waals surface area contributed by atoms with Crippen LogP contribution in [0.2, 0.25) is 0 Å². The number of nitrogens with zero attached hydrogens (tertiary/aromatic N) is 2. The quantitative estimate of drug-likeness (QED) is 0.871. The molecule has 2 heterocycles. The van der Waals surface area contributed by atoms with Crippen LogP contribution in [-0.2, 0) is 27.9 Å². The van der Waals surface area contributed by atoms with Gasteiger partial charge in [-0.05, 0) is 37.1 Å². The largest absolute Gasteiger partial charge is 0.334 e. The Balaban J connectivity index is 1.88. The maximum Gasteiger partial charge on any atom is 0.243 e. The van der Waals surface area contributed by atoms with E-state index in [2.05, 4.69) is 5.32 Å². The molecule has 0 unspecified atom stereocenters. The first kappa shape index (κ1) is 16.4. The predicted octanol–water partition coefficient (Wildman–Crippen LogP) is 0.921.